The Balaban J connectivity index is 2.22. The van der Waals surface area contributed by atoms with E-state index >= 15 is 0 Å². The zero-order valence-corrected chi connectivity index (χ0v) is 11.1. The third kappa shape index (κ3) is 5.37. The minimum atomic E-state index is -0.410. The van der Waals surface area contributed by atoms with Gasteiger partial charge in [0.1, 0.15) is 0 Å². The third-order valence-electron chi connectivity index (χ3n) is 2.22. The summed E-state index contributed by atoms with van der Waals surface area (Å²) in [6.07, 6.45) is 0.831. The molecule has 0 radical (unpaired) electrons. The summed E-state index contributed by atoms with van der Waals surface area (Å²) < 4.78 is 18.6. The molecule has 1 aromatic rings. The molecule has 0 saturated carbocycles. The zero-order valence-electron chi connectivity index (χ0n) is 10.3. The molecule has 0 bridgehead atoms. The lowest BCUT2D eigenvalue weighted by atomic mass is 10.2. The normalized spacial score (nSPS) is 10.9. The minimum absolute atomic E-state index is 0.151. The molecular weight excluding hydrogens is 241 g/mol. The van der Waals surface area contributed by atoms with E-state index in [1.165, 1.54) is 6.07 Å². The Labute approximate surface area is 107 Å². The summed E-state index contributed by atoms with van der Waals surface area (Å²) in [5, 5.41) is 3.61. The van der Waals surface area contributed by atoms with Crippen LogP contribution < -0.4 is 10.1 Å². The molecule has 96 valence electrons. The second-order valence-corrected chi connectivity index (χ2v) is 4.76. The molecule has 0 unspecified atom stereocenters. The standard InChI is InChI=1S/C13H19ClFNO/c1-10(2)9-16-7-4-8-17-13-11(14)5-3-6-12(13)15/h3,5-6,10,16H,4,7-9H2,1-2H3. The van der Waals surface area contributed by atoms with Gasteiger partial charge in [-0.15, -0.1) is 0 Å². The third-order valence-corrected chi connectivity index (χ3v) is 2.51. The minimum Gasteiger partial charge on any atom is -0.489 e. The Morgan fingerprint density at radius 2 is 2.18 bits per heavy atom. The van der Waals surface area contributed by atoms with Crippen LogP contribution in [0.2, 0.25) is 5.02 Å². The Kier molecular flexibility index (Phi) is 6.30. The van der Waals surface area contributed by atoms with E-state index in [1.54, 1.807) is 12.1 Å². The monoisotopic (exact) mass is 259 g/mol. The summed E-state index contributed by atoms with van der Waals surface area (Å²) in [6, 6.07) is 4.53. The van der Waals surface area contributed by atoms with Crippen molar-refractivity contribution < 1.29 is 9.13 Å². The number of hydrogen-bond acceptors (Lipinski definition) is 2. The maximum atomic E-state index is 13.3. The van der Waals surface area contributed by atoms with Crippen LogP contribution in [0.3, 0.4) is 0 Å². The van der Waals surface area contributed by atoms with E-state index in [4.69, 9.17) is 16.3 Å². The fraction of sp³-hybridized carbons (Fsp3) is 0.538. The van der Waals surface area contributed by atoms with Crippen molar-refractivity contribution in [2.45, 2.75) is 20.3 Å². The average Bonchev–Trinajstić information content (AvgIpc) is 2.26. The van der Waals surface area contributed by atoms with Crippen molar-refractivity contribution in [2.24, 2.45) is 5.92 Å². The number of hydrogen-bond donors (Lipinski definition) is 1. The van der Waals surface area contributed by atoms with Gasteiger partial charge < -0.3 is 10.1 Å². The number of para-hydroxylation sites is 1. The van der Waals surface area contributed by atoms with E-state index in [2.05, 4.69) is 19.2 Å². The molecule has 1 aromatic carbocycles. The number of benzene rings is 1. The molecule has 0 aliphatic rings. The van der Waals surface area contributed by atoms with E-state index in [0.717, 1.165) is 19.5 Å². The molecule has 0 saturated heterocycles. The van der Waals surface area contributed by atoms with Crippen molar-refractivity contribution >= 4 is 11.6 Å². The maximum Gasteiger partial charge on any atom is 0.173 e. The van der Waals surface area contributed by atoms with Crippen molar-refractivity contribution in [1.29, 1.82) is 0 Å². The average molecular weight is 260 g/mol. The van der Waals surface area contributed by atoms with Gasteiger partial charge in [0.15, 0.2) is 11.6 Å². The van der Waals surface area contributed by atoms with Crippen LogP contribution in [0.1, 0.15) is 20.3 Å². The van der Waals surface area contributed by atoms with Crippen LogP contribution in [-0.2, 0) is 0 Å². The topological polar surface area (TPSA) is 21.3 Å². The van der Waals surface area contributed by atoms with Crippen molar-refractivity contribution in [2.75, 3.05) is 19.7 Å². The SMILES string of the molecule is CC(C)CNCCCOc1c(F)cccc1Cl. The first-order valence-corrected chi connectivity index (χ1v) is 6.26. The predicted octanol–water partition coefficient (Wildman–Crippen LogP) is 3.49. The van der Waals surface area contributed by atoms with E-state index in [0.29, 0.717) is 17.5 Å². The highest BCUT2D eigenvalue weighted by Gasteiger charge is 2.07. The fourth-order valence-corrected chi connectivity index (χ4v) is 1.60. The van der Waals surface area contributed by atoms with Crippen LogP contribution in [0.25, 0.3) is 0 Å². The molecular formula is C13H19ClFNO. The molecule has 0 fully saturated rings. The van der Waals surface area contributed by atoms with Crippen LogP contribution in [0.15, 0.2) is 18.2 Å². The lowest BCUT2D eigenvalue weighted by Gasteiger charge is -2.10. The number of ether oxygens (including phenoxy) is 1. The summed E-state index contributed by atoms with van der Waals surface area (Å²) in [7, 11) is 0. The summed E-state index contributed by atoms with van der Waals surface area (Å²) in [6.45, 7) is 6.63. The van der Waals surface area contributed by atoms with Gasteiger partial charge in [-0.3, -0.25) is 0 Å². The number of nitrogens with one attached hydrogen (secondary N) is 1. The highest BCUT2D eigenvalue weighted by Crippen LogP contribution is 2.27. The Hall–Kier alpha value is -0.800. The first-order valence-electron chi connectivity index (χ1n) is 5.88. The van der Waals surface area contributed by atoms with Gasteiger partial charge in [-0.05, 0) is 37.6 Å². The first-order chi connectivity index (χ1) is 8.11. The predicted molar refractivity (Wildman–Crippen MR) is 69.2 cm³/mol. The lowest BCUT2D eigenvalue weighted by molar-refractivity contribution is 0.292. The highest BCUT2D eigenvalue weighted by atomic mass is 35.5. The summed E-state index contributed by atoms with van der Waals surface area (Å²) in [5.41, 5.74) is 0. The van der Waals surface area contributed by atoms with E-state index < -0.39 is 5.82 Å². The smallest absolute Gasteiger partial charge is 0.173 e. The largest absolute Gasteiger partial charge is 0.489 e. The Morgan fingerprint density at radius 1 is 1.41 bits per heavy atom. The molecule has 1 rings (SSSR count). The van der Waals surface area contributed by atoms with Gasteiger partial charge in [-0.1, -0.05) is 31.5 Å². The number of rotatable bonds is 7. The number of halogens is 2. The fourth-order valence-electron chi connectivity index (χ4n) is 1.38. The van der Waals surface area contributed by atoms with E-state index in [9.17, 15) is 4.39 Å². The van der Waals surface area contributed by atoms with Crippen LogP contribution in [0.4, 0.5) is 4.39 Å². The molecule has 0 heterocycles. The lowest BCUT2D eigenvalue weighted by Crippen LogP contribution is -2.22. The van der Waals surface area contributed by atoms with E-state index in [1.807, 2.05) is 0 Å². The van der Waals surface area contributed by atoms with Crippen LogP contribution in [0, 0.1) is 11.7 Å². The van der Waals surface area contributed by atoms with Crippen LogP contribution in [-0.4, -0.2) is 19.7 Å². The highest BCUT2D eigenvalue weighted by molar-refractivity contribution is 6.32. The first kappa shape index (κ1) is 14.3. The van der Waals surface area contributed by atoms with Crippen molar-refractivity contribution in [1.82, 2.24) is 5.32 Å². The Morgan fingerprint density at radius 3 is 2.82 bits per heavy atom. The van der Waals surface area contributed by atoms with Gasteiger partial charge in [0.2, 0.25) is 0 Å². The van der Waals surface area contributed by atoms with Gasteiger partial charge in [-0.2, -0.15) is 0 Å². The second-order valence-electron chi connectivity index (χ2n) is 4.35. The molecule has 0 atom stereocenters. The molecule has 4 heteroatoms. The van der Waals surface area contributed by atoms with E-state index in [-0.39, 0.29) is 5.75 Å². The summed E-state index contributed by atoms with van der Waals surface area (Å²) >= 11 is 5.83. The van der Waals surface area contributed by atoms with Crippen molar-refractivity contribution in [3.8, 4) is 5.75 Å². The maximum absolute atomic E-state index is 13.3. The molecule has 0 amide bonds. The molecule has 0 aliphatic carbocycles. The van der Waals surface area contributed by atoms with Crippen LogP contribution in [0.5, 0.6) is 5.75 Å². The van der Waals surface area contributed by atoms with Crippen molar-refractivity contribution in [3.63, 3.8) is 0 Å². The quantitative estimate of drug-likeness (QED) is 0.757. The Bertz CT molecular complexity index is 324. The molecule has 0 spiro atoms. The molecule has 0 aliphatic heterocycles. The molecule has 2 nitrogen and oxygen atoms in total. The van der Waals surface area contributed by atoms with Crippen LogP contribution >= 0.6 is 11.6 Å². The summed E-state index contributed by atoms with van der Waals surface area (Å²) in [4.78, 5) is 0. The molecule has 1 N–H and O–H groups in total. The molecule has 0 aromatic heterocycles. The van der Waals surface area contributed by atoms with Gasteiger partial charge in [0.05, 0.1) is 11.6 Å². The van der Waals surface area contributed by atoms with Gasteiger partial charge in [-0.25, -0.2) is 4.39 Å². The molecule has 17 heavy (non-hydrogen) atoms. The van der Waals surface area contributed by atoms with Gasteiger partial charge >= 0.3 is 0 Å². The van der Waals surface area contributed by atoms with Gasteiger partial charge in [0, 0.05) is 0 Å². The summed E-state index contributed by atoms with van der Waals surface area (Å²) in [5.74, 6) is 0.377. The van der Waals surface area contributed by atoms with Gasteiger partial charge in [0.25, 0.3) is 0 Å². The second kappa shape index (κ2) is 7.51. The zero-order chi connectivity index (χ0) is 12.7. The van der Waals surface area contributed by atoms with Crippen molar-refractivity contribution in [3.05, 3.63) is 29.0 Å².